The second-order valence-corrected chi connectivity index (χ2v) is 3.90. The molecule has 4 heteroatoms. The first-order valence-corrected chi connectivity index (χ1v) is 5.01. The van der Waals surface area contributed by atoms with Crippen LogP contribution in [0.15, 0.2) is 6.07 Å². The van der Waals surface area contributed by atoms with Gasteiger partial charge in [-0.25, -0.2) is 0 Å². The van der Waals surface area contributed by atoms with Gasteiger partial charge in [0, 0.05) is 25.0 Å². The number of aryl methyl sites for hydroxylation is 1. The van der Waals surface area contributed by atoms with Crippen molar-refractivity contribution in [1.82, 2.24) is 9.88 Å². The number of carboxylic acids is 1. The molecule has 1 aromatic rings. The fourth-order valence-corrected chi connectivity index (χ4v) is 1.46. The molecule has 2 N–H and O–H groups in total. The van der Waals surface area contributed by atoms with Gasteiger partial charge in [0.15, 0.2) is 0 Å². The number of nitrogens with zero attached hydrogens (tertiary/aromatic N) is 1. The number of carbonyl (C=O) groups is 1. The van der Waals surface area contributed by atoms with E-state index in [2.05, 4.69) is 16.0 Å². The molecule has 15 heavy (non-hydrogen) atoms. The van der Waals surface area contributed by atoms with Crippen LogP contribution in [0.25, 0.3) is 0 Å². The van der Waals surface area contributed by atoms with E-state index in [1.165, 1.54) is 11.4 Å². The molecule has 1 aromatic heterocycles. The Hall–Kier alpha value is -1.29. The Balaban J connectivity index is 2.66. The highest BCUT2D eigenvalue weighted by molar-refractivity contribution is 5.72. The molecular weight excluding hydrogens is 192 g/mol. The zero-order valence-corrected chi connectivity index (χ0v) is 9.66. The Morgan fingerprint density at radius 2 is 2.20 bits per heavy atom. The average molecular weight is 210 g/mol. The number of rotatable bonds is 4. The van der Waals surface area contributed by atoms with Crippen molar-refractivity contribution < 1.29 is 9.90 Å². The van der Waals surface area contributed by atoms with Gasteiger partial charge in [-0.3, -0.25) is 4.79 Å². The smallest absolute Gasteiger partial charge is 0.320 e. The predicted octanol–water partition coefficient (Wildman–Crippen LogP) is 1.20. The lowest BCUT2D eigenvalue weighted by atomic mass is 10.2. The topological polar surface area (TPSA) is 54.3 Å². The maximum atomic E-state index is 10.6. The standard InChI is InChI=1S/C11H18N2O2/c1-7-5-10(9(3)13(7)4)6-12-8(2)11(14)15/h5,8,12H,6H2,1-4H3,(H,14,15). The molecule has 84 valence electrons. The van der Waals surface area contributed by atoms with Crippen molar-refractivity contribution in [2.75, 3.05) is 0 Å². The Kier molecular flexibility index (Phi) is 3.52. The van der Waals surface area contributed by atoms with Crippen LogP contribution in [-0.2, 0) is 18.4 Å². The molecule has 0 saturated carbocycles. The third-order valence-electron chi connectivity index (χ3n) is 2.85. The fourth-order valence-electron chi connectivity index (χ4n) is 1.46. The average Bonchev–Trinajstić information content (AvgIpc) is 2.42. The van der Waals surface area contributed by atoms with E-state index in [9.17, 15) is 4.79 Å². The van der Waals surface area contributed by atoms with Gasteiger partial charge in [0.25, 0.3) is 0 Å². The molecule has 0 aliphatic heterocycles. The first kappa shape index (κ1) is 11.8. The van der Waals surface area contributed by atoms with Gasteiger partial charge in [-0.15, -0.1) is 0 Å². The van der Waals surface area contributed by atoms with Crippen LogP contribution in [0.4, 0.5) is 0 Å². The minimum atomic E-state index is -0.819. The summed E-state index contributed by atoms with van der Waals surface area (Å²) in [5, 5.41) is 11.7. The van der Waals surface area contributed by atoms with E-state index in [0.717, 1.165) is 5.56 Å². The molecule has 1 atom stereocenters. The van der Waals surface area contributed by atoms with Crippen LogP contribution in [-0.4, -0.2) is 21.7 Å². The number of hydrogen-bond donors (Lipinski definition) is 2. The van der Waals surface area contributed by atoms with Crippen LogP contribution >= 0.6 is 0 Å². The van der Waals surface area contributed by atoms with Crippen LogP contribution < -0.4 is 5.32 Å². The summed E-state index contributed by atoms with van der Waals surface area (Å²) in [6.45, 7) is 6.32. The first-order chi connectivity index (χ1) is 6.93. The minimum absolute atomic E-state index is 0.509. The first-order valence-electron chi connectivity index (χ1n) is 5.01. The summed E-state index contributed by atoms with van der Waals surface area (Å²) in [4.78, 5) is 10.6. The monoisotopic (exact) mass is 210 g/mol. The van der Waals surface area contributed by atoms with Crippen molar-refractivity contribution in [3.05, 3.63) is 23.0 Å². The van der Waals surface area contributed by atoms with Gasteiger partial charge in [0.1, 0.15) is 6.04 Å². The van der Waals surface area contributed by atoms with Crippen molar-refractivity contribution in [2.45, 2.75) is 33.4 Å². The zero-order chi connectivity index (χ0) is 11.6. The lowest BCUT2D eigenvalue weighted by Gasteiger charge is -2.08. The summed E-state index contributed by atoms with van der Waals surface area (Å²) in [7, 11) is 2.01. The highest BCUT2D eigenvalue weighted by atomic mass is 16.4. The van der Waals surface area contributed by atoms with Crippen molar-refractivity contribution in [1.29, 1.82) is 0 Å². The maximum Gasteiger partial charge on any atom is 0.320 e. The molecule has 0 aromatic carbocycles. The molecule has 0 aliphatic rings. The number of nitrogens with one attached hydrogen (secondary N) is 1. The Labute approximate surface area is 89.9 Å². The molecular formula is C11H18N2O2. The van der Waals surface area contributed by atoms with Gasteiger partial charge in [-0.05, 0) is 32.4 Å². The van der Waals surface area contributed by atoms with E-state index < -0.39 is 12.0 Å². The Morgan fingerprint density at radius 3 is 2.60 bits per heavy atom. The SMILES string of the molecule is Cc1cc(CNC(C)C(=O)O)c(C)n1C. The molecule has 1 heterocycles. The number of carboxylic acid groups (broad SMARTS) is 1. The molecule has 0 radical (unpaired) electrons. The summed E-state index contributed by atoms with van der Waals surface area (Å²) in [6, 6.07) is 1.57. The summed E-state index contributed by atoms with van der Waals surface area (Å²) in [5.41, 5.74) is 3.52. The summed E-state index contributed by atoms with van der Waals surface area (Å²) in [6.07, 6.45) is 0. The predicted molar refractivity (Wildman–Crippen MR) is 58.8 cm³/mol. The summed E-state index contributed by atoms with van der Waals surface area (Å²) >= 11 is 0. The third kappa shape index (κ3) is 2.59. The molecule has 1 unspecified atom stereocenters. The van der Waals surface area contributed by atoms with Gasteiger partial charge in [-0.1, -0.05) is 0 Å². The van der Waals surface area contributed by atoms with Gasteiger partial charge in [-0.2, -0.15) is 0 Å². The van der Waals surface area contributed by atoms with E-state index >= 15 is 0 Å². The van der Waals surface area contributed by atoms with Crippen LogP contribution in [0.1, 0.15) is 23.9 Å². The van der Waals surface area contributed by atoms with Gasteiger partial charge >= 0.3 is 5.97 Å². The Morgan fingerprint density at radius 1 is 1.60 bits per heavy atom. The van der Waals surface area contributed by atoms with Gasteiger partial charge in [0.2, 0.25) is 0 Å². The van der Waals surface area contributed by atoms with E-state index in [1.807, 2.05) is 20.9 Å². The van der Waals surface area contributed by atoms with Crippen molar-refractivity contribution in [3.63, 3.8) is 0 Å². The van der Waals surface area contributed by atoms with Gasteiger partial charge < -0.3 is 15.0 Å². The number of hydrogen-bond acceptors (Lipinski definition) is 2. The van der Waals surface area contributed by atoms with Crippen LogP contribution in [0.3, 0.4) is 0 Å². The van der Waals surface area contributed by atoms with E-state index in [1.54, 1.807) is 6.92 Å². The highest BCUT2D eigenvalue weighted by Crippen LogP contribution is 2.12. The molecule has 0 spiro atoms. The lowest BCUT2D eigenvalue weighted by Crippen LogP contribution is -2.33. The Bertz CT molecular complexity index is 369. The summed E-state index contributed by atoms with van der Waals surface area (Å²) < 4.78 is 2.10. The van der Waals surface area contributed by atoms with Crippen molar-refractivity contribution in [2.24, 2.45) is 7.05 Å². The number of aliphatic carboxylic acids is 1. The van der Waals surface area contributed by atoms with Crippen LogP contribution in [0.2, 0.25) is 0 Å². The van der Waals surface area contributed by atoms with Crippen LogP contribution in [0.5, 0.6) is 0 Å². The largest absolute Gasteiger partial charge is 0.480 e. The maximum absolute atomic E-state index is 10.6. The number of aromatic nitrogens is 1. The fraction of sp³-hybridized carbons (Fsp3) is 0.545. The van der Waals surface area contributed by atoms with Crippen molar-refractivity contribution >= 4 is 5.97 Å². The van der Waals surface area contributed by atoms with E-state index in [0.29, 0.717) is 6.54 Å². The normalized spacial score (nSPS) is 12.8. The third-order valence-corrected chi connectivity index (χ3v) is 2.85. The second kappa shape index (κ2) is 4.49. The molecule has 0 bridgehead atoms. The highest BCUT2D eigenvalue weighted by Gasteiger charge is 2.11. The second-order valence-electron chi connectivity index (χ2n) is 3.90. The van der Waals surface area contributed by atoms with Crippen LogP contribution in [0, 0.1) is 13.8 Å². The summed E-state index contributed by atoms with van der Waals surface area (Å²) in [5.74, 6) is -0.819. The molecule has 0 fully saturated rings. The lowest BCUT2D eigenvalue weighted by molar-refractivity contribution is -0.139. The molecule has 4 nitrogen and oxygen atoms in total. The van der Waals surface area contributed by atoms with E-state index in [4.69, 9.17) is 5.11 Å². The minimum Gasteiger partial charge on any atom is -0.480 e. The molecule has 0 aliphatic carbocycles. The molecule has 0 amide bonds. The quantitative estimate of drug-likeness (QED) is 0.785. The van der Waals surface area contributed by atoms with Crippen molar-refractivity contribution in [3.8, 4) is 0 Å². The van der Waals surface area contributed by atoms with E-state index in [-0.39, 0.29) is 0 Å². The zero-order valence-electron chi connectivity index (χ0n) is 9.66. The van der Waals surface area contributed by atoms with Gasteiger partial charge in [0.05, 0.1) is 0 Å². The molecule has 0 saturated heterocycles. The molecule has 1 rings (SSSR count).